The van der Waals surface area contributed by atoms with Crippen LogP contribution >= 0.6 is 23.2 Å². The Morgan fingerprint density at radius 1 is 1.04 bits per heavy atom. The molecule has 0 unspecified atom stereocenters. The summed E-state index contributed by atoms with van der Waals surface area (Å²) < 4.78 is 26.4. The average Bonchev–Trinajstić information content (AvgIpc) is 2.63. The summed E-state index contributed by atoms with van der Waals surface area (Å²) in [6.07, 6.45) is 0. The van der Waals surface area contributed by atoms with Crippen LogP contribution in [0.3, 0.4) is 0 Å². The third-order valence-electron chi connectivity index (χ3n) is 3.75. The minimum Gasteiger partial charge on any atom is -0.479 e. The van der Waals surface area contributed by atoms with Crippen molar-refractivity contribution in [3.63, 3.8) is 0 Å². The zero-order valence-electron chi connectivity index (χ0n) is 14.3. The number of carbonyl (C=O) groups is 3. The normalized spacial score (nSPS) is 12.8. The number of nitrogens with one attached hydrogen (secondary N) is 2. The van der Waals surface area contributed by atoms with Crippen molar-refractivity contribution in [2.24, 2.45) is 0 Å². The number of benzene rings is 2. The molecule has 0 saturated carbocycles. The Labute approximate surface area is 168 Å². The van der Waals surface area contributed by atoms with Crippen molar-refractivity contribution in [3.8, 4) is 0 Å². The Hall–Kier alpha value is -2.71. The number of carboxylic acids is 1. The van der Waals surface area contributed by atoms with Crippen molar-refractivity contribution in [2.75, 3.05) is 0 Å². The van der Waals surface area contributed by atoms with Gasteiger partial charge in [-0.05, 0) is 36.8 Å². The van der Waals surface area contributed by atoms with Gasteiger partial charge in [0.2, 0.25) is 5.91 Å². The molecule has 2 rings (SSSR count). The predicted octanol–water partition coefficient (Wildman–Crippen LogP) is 3.33. The van der Waals surface area contributed by atoms with E-state index < -0.39 is 41.5 Å². The van der Waals surface area contributed by atoms with Crippen LogP contribution in [0.1, 0.15) is 28.9 Å². The van der Waals surface area contributed by atoms with Gasteiger partial charge in [0, 0.05) is 0 Å². The Bertz CT molecular complexity index is 940. The van der Waals surface area contributed by atoms with Crippen LogP contribution < -0.4 is 10.6 Å². The van der Waals surface area contributed by atoms with Gasteiger partial charge in [0.1, 0.15) is 6.04 Å². The molecule has 148 valence electrons. The standard InChI is InChI=1S/C18H14Cl2F2N2O4/c1-8(23-17(26)10-3-2-4-11(19)14(10)20)16(25)24-15(18(27)28)9-5-6-12(21)13(22)7-9/h2-8,15H,1H3,(H,23,26)(H,24,25)(H,27,28)/t8-,15+/m0/s1. The molecule has 28 heavy (non-hydrogen) atoms. The number of carbonyl (C=O) groups excluding carboxylic acids is 2. The maximum Gasteiger partial charge on any atom is 0.330 e. The molecule has 0 aliphatic carbocycles. The van der Waals surface area contributed by atoms with E-state index in [0.29, 0.717) is 6.07 Å². The smallest absolute Gasteiger partial charge is 0.330 e. The van der Waals surface area contributed by atoms with Crippen molar-refractivity contribution < 1.29 is 28.3 Å². The van der Waals surface area contributed by atoms with Gasteiger partial charge in [-0.1, -0.05) is 35.3 Å². The van der Waals surface area contributed by atoms with E-state index in [9.17, 15) is 28.3 Å². The molecule has 10 heteroatoms. The topological polar surface area (TPSA) is 95.5 Å². The van der Waals surface area contributed by atoms with Crippen LogP contribution in [0.4, 0.5) is 8.78 Å². The van der Waals surface area contributed by atoms with E-state index in [-0.39, 0.29) is 21.2 Å². The predicted molar refractivity (Wildman–Crippen MR) is 98.3 cm³/mol. The Kier molecular flexibility index (Phi) is 6.93. The van der Waals surface area contributed by atoms with Crippen LogP contribution in [0, 0.1) is 11.6 Å². The third-order valence-corrected chi connectivity index (χ3v) is 4.57. The monoisotopic (exact) mass is 430 g/mol. The molecular weight excluding hydrogens is 417 g/mol. The summed E-state index contributed by atoms with van der Waals surface area (Å²) in [6.45, 7) is 1.32. The van der Waals surface area contributed by atoms with E-state index in [1.54, 1.807) is 0 Å². The lowest BCUT2D eigenvalue weighted by Crippen LogP contribution is -2.47. The first-order valence-corrected chi connectivity index (χ1v) is 8.60. The number of hydrogen-bond acceptors (Lipinski definition) is 3. The summed E-state index contributed by atoms with van der Waals surface area (Å²) >= 11 is 11.8. The van der Waals surface area contributed by atoms with Gasteiger partial charge < -0.3 is 15.7 Å². The molecule has 0 radical (unpaired) electrons. The van der Waals surface area contributed by atoms with Crippen molar-refractivity contribution >= 4 is 41.0 Å². The van der Waals surface area contributed by atoms with Gasteiger partial charge in [0.05, 0.1) is 15.6 Å². The van der Waals surface area contributed by atoms with Gasteiger partial charge in [0.15, 0.2) is 17.7 Å². The van der Waals surface area contributed by atoms with Crippen LogP contribution in [0.15, 0.2) is 36.4 Å². The molecule has 0 aliphatic rings. The molecule has 0 aromatic heterocycles. The minimum absolute atomic E-state index is 0.000486. The summed E-state index contributed by atoms with van der Waals surface area (Å²) in [4.78, 5) is 36.0. The quantitative estimate of drug-likeness (QED) is 0.654. The zero-order valence-corrected chi connectivity index (χ0v) is 15.8. The van der Waals surface area contributed by atoms with Crippen molar-refractivity contribution in [2.45, 2.75) is 19.0 Å². The molecule has 0 bridgehead atoms. The van der Waals surface area contributed by atoms with Crippen molar-refractivity contribution in [1.29, 1.82) is 0 Å². The van der Waals surface area contributed by atoms with E-state index in [2.05, 4.69) is 10.6 Å². The van der Waals surface area contributed by atoms with Crippen LogP contribution in [-0.4, -0.2) is 28.9 Å². The Morgan fingerprint density at radius 3 is 2.32 bits per heavy atom. The van der Waals surface area contributed by atoms with Gasteiger partial charge in [0.25, 0.3) is 5.91 Å². The van der Waals surface area contributed by atoms with Crippen molar-refractivity contribution in [1.82, 2.24) is 10.6 Å². The minimum atomic E-state index is -1.64. The summed E-state index contributed by atoms with van der Waals surface area (Å²) in [5.74, 6) is -5.46. The largest absolute Gasteiger partial charge is 0.479 e. The number of carboxylic acid groups (broad SMARTS) is 1. The second-order valence-electron chi connectivity index (χ2n) is 5.75. The molecule has 2 aromatic carbocycles. The van der Waals surface area contributed by atoms with Gasteiger partial charge in [-0.25, -0.2) is 13.6 Å². The molecule has 0 aliphatic heterocycles. The summed E-state index contributed by atoms with van der Waals surface area (Å²) in [7, 11) is 0. The second-order valence-corrected chi connectivity index (χ2v) is 6.54. The van der Waals surface area contributed by atoms with E-state index in [4.69, 9.17) is 23.2 Å². The molecule has 2 aromatic rings. The van der Waals surface area contributed by atoms with Gasteiger partial charge in [-0.3, -0.25) is 9.59 Å². The molecule has 6 nitrogen and oxygen atoms in total. The van der Waals surface area contributed by atoms with E-state index in [0.717, 1.165) is 12.1 Å². The number of halogens is 4. The van der Waals surface area contributed by atoms with Gasteiger partial charge in [-0.2, -0.15) is 0 Å². The fourth-order valence-electron chi connectivity index (χ4n) is 2.27. The van der Waals surface area contributed by atoms with E-state index in [1.165, 1.54) is 25.1 Å². The van der Waals surface area contributed by atoms with E-state index >= 15 is 0 Å². The molecule has 0 spiro atoms. The Morgan fingerprint density at radius 2 is 1.71 bits per heavy atom. The number of rotatable bonds is 6. The fraction of sp³-hybridized carbons (Fsp3) is 0.167. The summed E-state index contributed by atoms with van der Waals surface area (Å²) in [5, 5.41) is 14.0. The number of aliphatic carboxylic acids is 1. The van der Waals surface area contributed by atoms with Crippen LogP contribution in [-0.2, 0) is 9.59 Å². The van der Waals surface area contributed by atoms with Crippen LogP contribution in [0.5, 0.6) is 0 Å². The summed E-state index contributed by atoms with van der Waals surface area (Å²) in [6, 6.07) is 4.03. The Balaban J connectivity index is 2.12. The third kappa shape index (κ3) is 4.96. The highest BCUT2D eigenvalue weighted by molar-refractivity contribution is 6.43. The summed E-state index contributed by atoms with van der Waals surface area (Å²) in [5.41, 5.74) is -0.139. The maximum absolute atomic E-state index is 13.4. The maximum atomic E-state index is 13.4. The highest BCUT2D eigenvalue weighted by Crippen LogP contribution is 2.25. The lowest BCUT2D eigenvalue weighted by atomic mass is 10.1. The molecule has 2 amide bonds. The van der Waals surface area contributed by atoms with Gasteiger partial charge in [-0.15, -0.1) is 0 Å². The first kappa shape index (κ1) is 21.6. The second kappa shape index (κ2) is 8.99. The molecule has 0 fully saturated rings. The van der Waals surface area contributed by atoms with Crippen molar-refractivity contribution in [3.05, 3.63) is 69.2 Å². The first-order chi connectivity index (χ1) is 13.1. The van der Waals surface area contributed by atoms with Crippen LogP contribution in [0.2, 0.25) is 10.0 Å². The fourth-order valence-corrected chi connectivity index (χ4v) is 2.65. The molecular formula is C18H14Cl2F2N2O4. The zero-order chi connectivity index (χ0) is 21.0. The molecule has 0 heterocycles. The molecule has 2 atom stereocenters. The van der Waals surface area contributed by atoms with Crippen LogP contribution in [0.25, 0.3) is 0 Å². The van der Waals surface area contributed by atoms with E-state index in [1.807, 2.05) is 0 Å². The molecule has 0 saturated heterocycles. The number of hydrogen-bond donors (Lipinski definition) is 3. The highest BCUT2D eigenvalue weighted by Gasteiger charge is 2.27. The first-order valence-electron chi connectivity index (χ1n) is 7.84. The lowest BCUT2D eigenvalue weighted by Gasteiger charge is -2.19. The highest BCUT2D eigenvalue weighted by atomic mass is 35.5. The SMILES string of the molecule is C[C@H](NC(=O)c1cccc(Cl)c1Cl)C(=O)N[C@@H](C(=O)O)c1ccc(F)c(F)c1. The molecule has 3 N–H and O–H groups in total. The van der Waals surface area contributed by atoms with Gasteiger partial charge >= 0.3 is 5.97 Å². The average molecular weight is 431 g/mol. The lowest BCUT2D eigenvalue weighted by molar-refractivity contribution is -0.142. The number of amides is 2.